The number of nitrogens with two attached hydrogens (primary N) is 1. The summed E-state index contributed by atoms with van der Waals surface area (Å²) in [5, 5.41) is 14.9. The Labute approximate surface area is 144 Å². The third kappa shape index (κ3) is 2.15. The summed E-state index contributed by atoms with van der Waals surface area (Å²) in [4.78, 5) is 18.5. The quantitative estimate of drug-likeness (QED) is 0.446. The van der Waals surface area contributed by atoms with E-state index in [2.05, 4.69) is 30.4 Å². The van der Waals surface area contributed by atoms with Crippen LogP contribution in [-0.4, -0.2) is 36.3 Å². The molecule has 10 heteroatoms. The highest BCUT2D eigenvalue weighted by molar-refractivity contribution is 6.45. The lowest BCUT2D eigenvalue weighted by Gasteiger charge is -1.99. The Kier molecular flexibility index (Phi) is 3.29. The molecule has 1 aromatic carbocycles. The summed E-state index contributed by atoms with van der Waals surface area (Å²) in [6, 6.07) is 3.55. The molecule has 0 aliphatic carbocycles. The van der Waals surface area contributed by atoms with Crippen LogP contribution >= 0.6 is 23.2 Å². The van der Waals surface area contributed by atoms with Gasteiger partial charge in [-0.1, -0.05) is 29.3 Å². The highest BCUT2D eigenvalue weighted by Gasteiger charge is 2.21. The lowest BCUT2D eigenvalue weighted by atomic mass is 10.0. The molecule has 0 bridgehead atoms. The average molecular weight is 362 g/mol. The minimum atomic E-state index is -0.698. The molecule has 120 valence electrons. The molecule has 0 aliphatic rings. The predicted octanol–water partition coefficient (Wildman–Crippen LogP) is 2.75. The number of benzene rings is 1. The molecule has 4 rings (SSSR count). The van der Waals surface area contributed by atoms with E-state index in [1.807, 2.05) is 6.07 Å². The molecule has 0 saturated heterocycles. The summed E-state index contributed by atoms with van der Waals surface area (Å²) in [7, 11) is 0. The maximum absolute atomic E-state index is 11.3. The van der Waals surface area contributed by atoms with Gasteiger partial charge in [0, 0.05) is 22.7 Å². The van der Waals surface area contributed by atoms with Crippen LogP contribution in [-0.2, 0) is 0 Å². The van der Waals surface area contributed by atoms with E-state index in [1.54, 1.807) is 18.5 Å². The predicted molar refractivity (Wildman–Crippen MR) is 89.8 cm³/mol. The lowest BCUT2D eigenvalue weighted by Crippen LogP contribution is -2.12. The second-order valence-electron chi connectivity index (χ2n) is 5.02. The van der Waals surface area contributed by atoms with Gasteiger partial charge in [0.25, 0.3) is 5.91 Å². The summed E-state index contributed by atoms with van der Waals surface area (Å²) in [6.45, 7) is 0. The van der Waals surface area contributed by atoms with Crippen molar-refractivity contribution >= 4 is 40.0 Å². The highest BCUT2D eigenvalue weighted by Crippen LogP contribution is 2.41. The van der Waals surface area contributed by atoms with Crippen molar-refractivity contribution < 1.29 is 4.79 Å². The number of carbonyl (C=O) groups excluding carboxylic acids is 1. The Morgan fingerprint density at radius 3 is 2.75 bits per heavy atom. The molecule has 4 aromatic rings. The van der Waals surface area contributed by atoms with Crippen LogP contribution in [0.3, 0.4) is 0 Å². The molecule has 0 aliphatic heterocycles. The van der Waals surface area contributed by atoms with Gasteiger partial charge in [0.2, 0.25) is 5.82 Å². The van der Waals surface area contributed by atoms with Crippen molar-refractivity contribution in [2.24, 2.45) is 5.73 Å². The largest absolute Gasteiger partial charge is 0.363 e. The van der Waals surface area contributed by atoms with Crippen LogP contribution < -0.4 is 5.73 Å². The van der Waals surface area contributed by atoms with Gasteiger partial charge in [0.05, 0.1) is 27.5 Å². The fourth-order valence-electron chi connectivity index (χ4n) is 2.54. The number of H-pyrrole nitrogens is 3. The molecule has 0 unspecified atom stereocenters. The monoisotopic (exact) mass is 361 g/mol. The molecule has 0 spiro atoms. The van der Waals surface area contributed by atoms with E-state index in [9.17, 15) is 4.79 Å². The van der Waals surface area contributed by atoms with Gasteiger partial charge in [0.1, 0.15) is 0 Å². The molecule has 0 radical (unpaired) electrons. The van der Waals surface area contributed by atoms with Crippen molar-refractivity contribution in [3.63, 3.8) is 0 Å². The van der Waals surface area contributed by atoms with E-state index >= 15 is 0 Å². The fraction of sp³-hybridized carbons (Fsp3) is 0. The van der Waals surface area contributed by atoms with Crippen molar-refractivity contribution in [3.8, 4) is 22.6 Å². The number of nitrogens with one attached hydrogen (secondary N) is 3. The zero-order valence-electron chi connectivity index (χ0n) is 11.9. The summed E-state index contributed by atoms with van der Waals surface area (Å²) < 4.78 is 0. The fourth-order valence-corrected chi connectivity index (χ4v) is 2.91. The van der Waals surface area contributed by atoms with Gasteiger partial charge in [-0.3, -0.25) is 15.0 Å². The summed E-state index contributed by atoms with van der Waals surface area (Å²) >= 11 is 12.4. The highest BCUT2D eigenvalue weighted by atomic mass is 35.5. The zero-order valence-corrected chi connectivity index (χ0v) is 13.4. The van der Waals surface area contributed by atoms with Crippen LogP contribution in [0.15, 0.2) is 24.5 Å². The van der Waals surface area contributed by atoms with E-state index in [-0.39, 0.29) is 11.6 Å². The van der Waals surface area contributed by atoms with Gasteiger partial charge >= 0.3 is 0 Å². The van der Waals surface area contributed by atoms with Crippen molar-refractivity contribution in [1.82, 2.24) is 30.4 Å². The zero-order chi connectivity index (χ0) is 16.8. The Morgan fingerprint density at radius 1 is 1.25 bits per heavy atom. The average Bonchev–Trinajstić information content (AvgIpc) is 3.28. The number of aromatic amines is 3. The van der Waals surface area contributed by atoms with E-state index in [0.717, 1.165) is 16.5 Å². The first-order valence-electron chi connectivity index (χ1n) is 6.77. The van der Waals surface area contributed by atoms with E-state index in [1.165, 1.54) is 0 Å². The number of primary amides is 1. The summed E-state index contributed by atoms with van der Waals surface area (Å²) in [6.07, 6.45) is 3.40. The summed E-state index contributed by atoms with van der Waals surface area (Å²) in [5.41, 5.74) is 8.02. The molecule has 0 saturated carbocycles. The second-order valence-corrected chi connectivity index (χ2v) is 5.80. The number of hydrogen-bond acceptors (Lipinski definition) is 4. The van der Waals surface area contributed by atoms with Crippen LogP contribution in [0.2, 0.25) is 10.0 Å². The van der Waals surface area contributed by atoms with E-state index in [4.69, 9.17) is 28.9 Å². The van der Waals surface area contributed by atoms with Crippen molar-refractivity contribution in [2.45, 2.75) is 0 Å². The van der Waals surface area contributed by atoms with Crippen molar-refractivity contribution in [1.29, 1.82) is 0 Å². The first-order chi connectivity index (χ1) is 11.6. The second kappa shape index (κ2) is 5.36. The number of fused-ring (bicyclic) bond motifs is 1. The molecule has 8 nitrogen and oxygen atoms in total. The summed E-state index contributed by atoms with van der Waals surface area (Å²) in [5.74, 6) is -0.454. The van der Waals surface area contributed by atoms with Gasteiger partial charge in [-0.2, -0.15) is 10.2 Å². The smallest absolute Gasteiger partial charge is 0.286 e. The van der Waals surface area contributed by atoms with Crippen molar-refractivity contribution in [3.05, 3.63) is 40.4 Å². The Bertz CT molecular complexity index is 1060. The van der Waals surface area contributed by atoms with Crippen LogP contribution in [0.5, 0.6) is 0 Å². The standard InChI is InChI=1S/C14H9Cl2N7O/c15-7-2-1-6-8(5-3-18-19-4-5)11(20-10(6)9(7)16)13-21-14(12(17)24)23-22-13/h1-4,20H,(H2,17,24)(H,18,19)(H,21,22,23). The number of nitrogens with zero attached hydrogens (tertiary/aromatic N) is 3. The third-order valence-corrected chi connectivity index (χ3v) is 4.40. The number of aromatic nitrogens is 6. The Morgan fingerprint density at radius 2 is 2.08 bits per heavy atom. The van der Waals surface area contributed by atoms with E-state index < -0.39 is 5.91 Å². The van der Waals surface area contributed by atoms with Gasteiger partial charge in [-0.25, -0.2) is 4.98 Å². The normalized spacial score (nSPS) is 11.2. The molecule has 3 heterocycles. The minimum absolute atomic E-state index is 0.0362. The molecule has 3 aromatic heterocycles. The molecule has 0 atom stereocenters. The number of halogens is 2. The molecule has 5 N–H and O–H groups in total. The Balaban J connectivity index is 2.05. The first-order valence-corrected chi connectivity index (χ1v) is 7.53. The topological polar surface area (TPSA) is 129 Å². The lowest BCUT2D eigenvalue weighted by molar-refractivity contribution is 0.0991. The van der Waals surface area contributed by atoms with Gasteiger partial charge < -0.3 is 10.7 Å². The minimum Gasteiger partial charge on any atom is -0.363 e. The van der Waals surface area contributed by atoms with Gasteiger partial charge in [0.15, 0.2) is 5.82 Å². The number of rotatable bonds is 3. The van der Waals surface area contributed by atoms with Crippen molar-refractivity contribution in [2.75, 3.05) is 0 Å². The first kappa shape index (κ1) is 14.7. The third-order valence-electron chi connectivity index (χ3n) is 3.59. The molecular weight excluding hydrogens is 353 g/mol. The molecule has 24 heavy (non-hydrogen) atoms. The maximum atomic E-state index is 11.3. The SMILES string of the molecule is NC(=O)c1nc(-c2[nH]c3c(Cl)c(Cl)ccc3c2-c2cn[nH]c2)n[nH]1. The Hall–Kier alpha value is -2.84. The van der Waals surface area contributed by atoms with Crippen LogP contribution in [0.25, 0.3) is 33.5 Å². The van der Waals surface area contributed by atoms with E-state index in [0.29, 0.717) is 21.3 Å². The maximum Gasteiger partial charge on any atom is 0.286 e. The molecule has 1 amide bonds. The number of carbonyl (C=O) groups is 1. The number of hydrogen-bond donors (Lipinski definition) is 4. The van der Waals surface area contributed by atoms with Crippen LogP contribution in [0, 0.1) is 0 Å². The molecule has 0 fully saturated rings. The molecular formula is C14H9Cl2N7O. The van der Waals surface area contributed by atoms with Crippen LogP contribution in [0.4, 0.5) is 0 Å². The number of amides is 1. The van der Waals surface area contributed by atoms with Gasteiger partial charge in [-0.15, -0.1) is 0 Å². The van der Waals surface area contributed by atoms with Gasteiger partial charge in [-0.05, 0) is 6.07 Å². The van der Waals surface area contributed by atoms with Crippen LogP contribution in [0.1, 0.15) is 10.6 Å².